The third-order valence-electron chi connectivity index (χ3n) is 6.37. The van der Waals surface area contributed by atoms with Crippen molar-refractivity contribution in [3.05, 3.63) is 70.8 Å². The Morgan fingerprint density at radius 1 is 0.872 bits per heavy atom. The largest absolute Gasteiger partial charge is 0.465 e. The zero-order valence-corrected chi connectivity index (χ0v) is 24.2. The summed E-state index contributed by atoms with van der Waals surface area (Å²) < 4.78 is 11.1. The van der Waals surface area contributed by atoms with Gasteiger partial charge < -0.3 is 9.47 Å². The second kappa shape index (κ2) is 16.7. The number of carbonyl (C=O) groups excluding carboxylic acids is 3. The number of hydroxylamine groups is 1. The molecule has 39 heavy (non-hydrogen) atoms. The fourth-order valence-corrected chi connectivity index (χ4v) is 3.89. The maximum Gasteiger partial charge on any atom is 0.338 e. The van der Waals surface area contributed by atoms with Crippen LogP contribution < -0.4 is 5.48 Å². The number of benzene rings is 2. The quantitative estimate of drug-likeness (QED) is 0.149. The number of ether oxygens (including phenoxy) is 2. The minimum atomic E-state index is -0.536. The van der Waals surface area contributed by atoms with Gasteiger partial charge in [-0.05, 0) is 59.9 Å². The molecule has 2 aromatic rings. The summed E-state index contributed by atoms with van der Waals surface area (Å²) in [4.78, 5) is 43.6. The fraction of sp³-hybridized carbons (Fsp3) is 0.531. The number of carbonyl (C=O) groups is 3. The normalized spacial score (nSPS) is 12.0. The van der Waals surface area contributed by atoms with E-state index in [9.17, 15) is 14.4 Å². The van der Waals surface area contributed by atoms with E-state index in [1.165, 1.54) is 0 Å². The molecule has 0 aliphatic rings. The van der Waals surface area contributed by atoms with Crippen LogP contribution in [0.1, 0.15) is 100 Å². The standard InChI is InChI=1S/C32H45NO6/c1-6-8-17-37-30(35)26(15-16-29(34)33-39-18-9-7-2)19-25-20-27(22-28(21-25)32(3,4)5)31(36)38-23-24-13-11-10-12-14-24/h10-14,20-22,26H,6-9,15-19,23H2,1-5H3,(H,33,34). The molecule has 0 aliphatic heterocycles. The van der Waals surface area contributed by atoms with E-state index in [2.05, 4.69) is 26.3 Å². The van der Waals surface area contributed by atoms with Crippen molar-refractivity contribution in [1.82, 2.24) is 5.48 Å². The summed E-state index contributed by atoms with van der Waals surface area (Å²) in [6.45, 7) is 11.3. The lowest BCUT2D eigenvalue weighted by molar-refractivity contribution is -0.149. The third kappa shape index (κ3) is 12.0. The third-order valence-corrected chi connectivity index (χ3v) is 6.37. The first-order valence-corrected chi connectivity index (χ1v) is 14.1. The van der Waals surface area contributed by atoms with E-state index in [0.29, 0.717) is 31.6 Å². The number of unbranched alkanes of at least 4 members (excludes halogenated alkanes) is 2. The Kier molecular flexibility index (Phi) is 13.7. The smallest absolute Gasteiger partial charge is 0.338 e. The zero-order chi connectivity index (χ0) is 28.7. The van der Waals surface area contributed by atoms with Crippen molar-refractivity contribution < 1.29 is 28.7 Å². The van der Waals surface area contributed by atoms with Crippen molar-refractivity contribution in [2.45, 2.75) is 91.6 Å². The average Bonchev–Trinajstić information content (AvgIpc) is 2.92. The van der Waals surface area contributed by atoms with Crippen LogP contribution in [0.25, 0.3) is 0 Å². The van der Waals surface area contributed by atoms with Crippen molar-refractivity contribution in [3.63, 3.8) is 0 Å². The first-order valence-electron chi connectivity index (χ1n) is 14.1. The Labute approximate surface area is 233 Å². The van der Waals surface area contributed by atoms with Crippen molar-refractivity contribution in [2.75, 3.05) is 13.2 Å². The predicted molar refractivity (Wildman–Crippen MR) is 152 cm³/mol. The molecule has 7 heteroatoms. The summed E-state index contributed by atoms with van der Waals surface area (Å²) in [5.74, 6) is -1.56. The molecule has 1 atom stereocenters. The molecule has 2 aromatic carbocycles. The Balaban J connectivity index is 2.20. The highest BCUT2D eigenvalue weighted by Crippen LogP contribution is 2.27. The number of hydrogen-bond acceptors (Lipinski definition) is 6. The SMILES string of the molecule is CCCCONC(=O)CCC(Cc1cc(C(=O)OCc2ccccc2)cc(C(C)(C)C)c1)C(=O)OCCCC. The number of esters is 2. The van der Waals surface area contributed by atoms with E-state index < -0.39 is 11.9 Å². The van der Waals surface area contributed by atoms with Gasteiger partial charge in [-0.1, -0.05) is 83.9 Å². The van der Waals surface area contributed by atoms with Crippen LogP contribution in [-0.4, -0.2) is 31.1 Å². The first kappa shape index (κ1) is 32.0. The lowest BCUT2D eigenvalue weighted by atomic mass is 9.83. The highest BCUT2D eigenvalue weighted by Gasteiger charge is 2.25. The van der Waals surface area contributed by atoms with Crippen LogP contribution >= 0.6 is 0 Å². The van der Waals surface area contributed by atoms with E-state index in [-0.39, 0.29) is 30.3 Å². The molecular weight excluding hydrogens is 494 g/mol. The van der Waals surface area contributed by atoms with E-state index in [1.807, 2.05) is 56.3 Å². The minimum absolute atomic E-state index is 0.130. The summed E-state index contributed by atoms with van der Waals surface area (Å²) in [7, 11) is 0. The molecular formula is C32H45NO6. The van der Waals surface area contributed by atoms with E-state index in [0.717, 1.165) is 42.4 Å². The number of rotatable bonds is 16. The monoisotopic (exact) mass is 539 g/mol. The molecule has 0 aliphatic carbocycles. The molecule has 0 saturated carbocycles. The first-order chi connectivity index (χ1) is 18.6. The van der Waals surface area contributed by atoms with E-state index in [4.69, 9.17) is 14.3 Å². The Bertz CT molecular complexity index is 1040. The molecule has 7 nitrogen and oxygen atoms in total. The molecule has 0 fully saturated rings. The molecule has 2 rings (SSSR count). The molecule has 1 N–H and O–H groups in total. The van der Waals surface area contributed by atoms with Crippen LogP contribution in [0.4, 0.5) is 0 Å². The van der Waals surface area contributed by atoms with Gasteiger partial charge in [-0.3, -0.25) is 14.4 Å². The Morgan fingerprint density at radius 2 is 1.56 bits per heavy atom. The molecule has 0 saturated heterocycles. The van der Waals surface area contributed by atoms with Crippen LogP contribution in [0.15, 0.2) is 48.5 Å². The van der Waals surface area contributed by atoms with E-state index in [1.54, 1.807) is 6.07 Å². The molecule has 0 bridgehead atoms. The summed E-state index contributed by atoms with van der Waals surface area (Å²) in [5.41, 5.74) is 5.37. The maximum absolute atomic E-state index is 13.0. The molecule has 0 aromatic heterocycles. The van der Waals surface area contributed by atoms with Crippen LogP contribution in [0.5, 0.6) is 0 Å². The Morgan fingerprint density at radius 3 is 2.23 bits per heavy atom. The van der Waals surface area contributed by atoms with Crippen LogP contribution in [0.2, 0.25) is 0 Å². The molecule has 214 valence electrons. The average molecular weight is 540 g/mol. The highest BCUT2D eigenvalue weighted by atomic mass is 16.6. The van der Waals surface area contributed by atoms with Gasteiger partial charge in [0.2, 0.25) is 5.91 Å². The van der Waals surface area contributed by atoms with Gasteiger partial charge in [-0.2, -0.15) is 0 Å². The van der Waals surface area contributed by atoms with Crippen molar-refractivity contribution in [3.8, 4) is 0 Å². The topological polar surface area (TPSA) is 90.9 Å². The summed E-state index contributed by atoms with van der Waals surface area (Å²) in [6.07, 6.45) is 4.30. The molecule has 0 heterocycles. The maximum atomic E-state index is 13.0. The van der Waals surface area contributed by atoms with Gasteiger partial charge in [-0.15, -0.1) is 0 Å². The van der Waals surface area contributed by atoms with Crippen LogP contribution in [0.3, 0.4) is 0 Å². The van der Waals surface area contributed by atoms with Gasteiger partial charge >= 0.3 is 11.9 Å². The zero-order valence-electron chi connectivity index (χ0n) is 24.2. The fourth-order valence-electron chi connectivity index (χ4n) is 3.89. The number of nitrogens with one attached hydrogen (secondary N) is 1. The molecule has 0 spiro atoms. The molecule has 0 radical (unpaired) electrons. The van der Waals surface area contributed by atoms with E-state index >= 15 is 0 Å². The van der Waals surface area contributed by atoms with Crippen LogP contribution in [-0.2, 0) is 42.3 Å². The van der Waals surface area contributed by atoms with Gasteiger partial charge in [-0.25, -0.2) is 10.3 Å². The van der Waals surface area contributed by atoms with Gasteiger partial charge in [0, 0.05) is 6.42 Å². The number of amides is 1. The molecule has 1 amide bonds. The Hall–Kier alpha value is -3.19. The second-order valence-electron chi connectivity index (χ2n) is 10.9. The number of hydrogen-bond donors (Lipinski definition) is 1. The summed E-state index contributed by atoms with van der Waals surface area (Å²) in [6, 6.07) is 15.2. The minimum Gasteiger partial charge on any atom is -0.465 e. The van der Waals surface area contributed by atoms with Gasteiger partial charge in [0.1, 0.15) is 6.61 Å². The van der Waals surface area contributed by atoms with Gasteiger partial charge in [0.25, 0.3) is 0 Å². The highest BCUT2D eigenvalue weighted by molar-refractivity contribution is 5.90. The predicted octanol–water partition coefficient (Wildman–Crippen LogP) is 6.47. The summed E-state index contributed by atoms with van der Waals surface area (Å²) >= 11 is 0. The van der Waals surface area contributed by atoms with Crippen molar-refractivity contribution in [2.24, 2.45) is 5.92 Å². The van der Waals surface area contributed by atoms with Crippen LogP contribution in [0, 0.1) is 5.92 Å². The lowest BCUT2D eigenvalue weighted by Crippen LogP contribution is -2.27. The van der Waals surface area contributed by atoms with Gasteiger partial charge in [0.05, 0.1) is 24.7 Å². The second-order valence-corrected chi connectivity index (χ2v) is 10.9. The van der Waals surface area contributed by atoms with Crippen molar-refractivity contribution >= 4 is 17.8 Å². The molecule has 1 unspecified atom stereocenters. The lowest BCUT2D eigenvalue weighted by Gasteiger charge is -2.22. The van der Waals surface area contributed by atoms with Gasteiger partial charge in [0.15, 0.2) is 0 Å². The van der Waals surface area contributed by atoms with Crippen molar-refractivity contribution in [1.29, 1.82) is 0 Å². The summed E-state index contributed by atoms with van der Waals surface area (Å²) in [5, 5.41) is 0.